The zero-order chi connectivity index (χ0) is 17.6. The van der Waals surface area contributed by atoms with Crippen LogP contribution >= 0.6 is 23.4 Å². The minimum Gasteiger partial charge on any atom is -0.222 e. The van der Waals surface area contributed by atoms with Crippen LogP contribution in [0.15, 0.2) is 72.8 Å². The number of benzene rings is 2. The summed E-state index contributed by atoms with van der Waals surface area (Å²) in [7, 11) is -4.94. The molecule has 0 aliphatic heterocycles. The minimum atomic E-state index is -4.94. The number of hydrogen-bond donors (Lipinski definition) is 0. The predicted octanol–water partition coefficient (Wildman–Crippen LogP) is 0.333. The Kier molecular flexibility index (Phi) is 7.31. The molecule has 24 heavy (non-hydrogen) atoms. The molecule has 5 nitrogen and oxygen atoms in total. The second kappa shape index (κ2) is 9.01. The standard InChI is InChI=1S/C15H10ClOSSe.ClHO4/c16-12-8-6-11(7-9-12)14-10-19-15(17-14)18-13-4-2-1-3-5-13;2-1(3,4)5/h1-10H;(H,2,3,4,5)/q+1;/p-1. The van der Waals surface area contributed by atoms with Crippen molar-refractivity contribution in [1.82, 2.24) is 0 Å². The van der Waals surface area contributed by atoms with Crippen LogP contribution in [-0.2, 0) is 0 Å². The van der Waals surface area contributed by atoms with Gasteiger partial charge < -0.3 is 0 Å². The van der Waals surface area contributed by atoms with E-state index in [2.05, 4.69) is 17.1 Å². The molecule has 126 valence electrons. The first-order chi connectivity index (χ1) is 11.3. The van der Waals surface area contributed by atoms with Gasteiger partial charge in [0, 0.05) is 0 Å². The smallest absolute Gasteiger partial charge is 0.112 e. The van der Waals surface area contributed by atoms with Crippen LogP contribution in [0.25, 0.3) is 11.3 Å². The summed E-state index contributed by atoms with van der Waals surface area (Å²) in [5.41, 5.74) is 1.08. The van der Waals surface area contributed by atoms with Gasteiger partial charge in [0.2, 0.25) is 0 Å². The van der Waals surface area contributed by atoms with E-state index in [0.29, 0.717) is 0 Å². The van der Waals surface area contributed by atoms with Gasteiger partial charge in [-0.05, 0) is 0 Å². The van der Waals surface area contributed by atoms with E-state index in [1.54, 1.807) is 11.8 Å². The third-order valence-corrected chi connectivity index (χ3v) is 5.84. The van der Waals surface area contributed by atoms with Crippen LogP contribution < -0.4 is 18.6 Å². The molecule has 1 aromatic heterocycles. The fourth-order valence-corrected chi connectivity index (χ4v) is 4.66. The van der Waals surface area contributed by atoms with Gasteiger partial charge in [0.25, 0.3) is 0 Å². The first-order valence-electron chi connectivity index (χ1n) is 6.33. The summed E-state index contributed by atoms with van der Waals surface area (Å²) >= 11 is 7.86. The van der Waals surface area contributed by atoms with Gasteiger partial charge in [-0.3, -0.25) is 0 Å². The molecule has 9 heteroatoms. The first kappa shape index (κ1) is 19.5. The Hall–Kier alpha value is -0.861. The molecule has 0 N–H and O–H groups in total. The van der Waals surface area contributed by atoms with Gasteiger partial charge in [0.1, 0.15) is 0 Å². The van der Waals surface area contributed by atoms with Crippen molar-refractivity contribution in [3.8, 4) is 11.3 Å². The second-order valence-corrected chi connectivity index (χ2v) is 8.84. The predicted molar refractivity (Wildman–Crippen MR) is 81.1 cm³/mol. The van der Waals surface area contributed by atoms with Gasteiger partial charge in [-0.1, -0.05) is 0 Å². The maximum atomic E-state index is 8.49. The molecule has 0 aliphatic carbocycles. The molecule has 0 spiro atoms. The van der Waals surface area contributed by atoms with Crippen LogP contribution in [0.3, 0.4) is 0 Å². The molecular formula is C15H10Cl2O5SSe. The molecule has 0 radical (unpaired) electrons. The van der Waals surface area contributed by atoms with Crippen LogP contribution in [0, 0.1) is 10.2 Å². The molecule has 0 unspecified atom stereocenters. The van der Waals surface area contributed by atoms with E-state index >= 15 is 0 Å². The molecule has 1 heterocycles. The second-order valence-electron chi connectivity index (χ2n) is 4.25. The van der Waals surface area contributed by atoms with Crippen molar-refractivity contribution in [3.05, 3.63) is 64.6 Å². The van der Waals surface area contributed by atoms with Crippen molar-refractivity contribution in [2.75, 3.05) is 0 Å². The summed E-state index contributed by atoms with van der Waals surface area (Å²) in [5, 5.41) is 0.746. The SMILES string of the molecule is Clc1ccc(-c2c[se]c(Sc3ccccc3)[o+]2)cc1.[O-][Cl+3]([O-])([O-])[O-]. The van der Waals surface area contributed by atoms with Crippen molar-refractivity contribution in [2.45, 2.75) is 8.86 Å². The maximum Gasteiger partial charge on any atom is -0.112 e. The Balaban J connectivity index is 0.000000368. The Morgan fingerprint density at radius 2 is 1.50 bits per heavy atom. The van der Waals surface area contributed by atoms with Gasteiger partial charge in [-0.2, -0.15) is 0 Å². The molecule has 0 saturated heterocycles. The Labute approximate surface area is 155 Å². The van der Waals surface area contributed by atoms with Gasteiger partial charge in [-0.15, -0.1) is 10.2 Å². The van der Waals surface area contributed by atoms with Crippen LogP contribution in [0.5, 0.6) is 0 Å². The summed E-state index contributed by atoms with van der Waals surface area (Å²) in [5.74, 6) is 0.940. The van der Waals surface area contributed by atoms with Gasteiger partial charge in [0.05, 0.1) is 0 Å². The molecule has 0 bridgehead atoms. The third-order valence-electron chi connectivity index (χ3n) is 2.53. The zero-order valence-corrected chi connectivity index (χ0v) is 15.9. The maximum absolute atomic E-state index is 8.49. The largest absolute Gasteiger partial charge is 0.222 e. The summed E-state index contributed by atoms with van der Waals surface area (Å²) in [6.45, 7) is 0. The average Bonchev–Trinajstić information content (AvgIpc) is 2.96. The van der Waals surface area contributed by atoms with Crippen LogP contribution in [0.2, 0.25) is 5.02 Å². The summed E-state index contributed by atoms with van der Waals surface area (Å²) in [4.78, 5) is 3.38. The quantitative estimate of drug-likeness (QED) is 0.420. The first-order valence-corrected chi connectivity index (χ1v) is 10.6. The van der Waals surface area contributed by atoms with E-state index in [4.69, 9.17) is 34.7 Å². The fraction of sp³-hybridized carbons (Fsp3) is 0. The Morgan fingerprint density at radius 1 is 0.917 bits per heavy atom. The number of hydrogen-bond acceptors (Lipinski definition) is 5. The van der Waals surface area contributed by atoms with Crippen molar-refractivity contribution >= 4 is 37.9 Å². The molecule has 3 rings (SSSR count). The average molecular weight is 452 g/mol. The fourth-order valence-electron chi connectivity index (χ4n) is 1.61. The Morgan fingerprint density at radius 3 is 2.08 bits per heavy atom. The summed E-state index contributed by atoms with van der Waals surface area (Å²) in [6, 6.07) is 18.0. The summed E-state index contributed by atoms with van der Waals surface area (Å²) < 4.78 is 41.0. The van der Waals surface area contributed by atoms with E-state index in [9.17, 15) is 0 Å². The monoisotopic (exact) mass is 452 g/mol. The van der Waals surface area contributed by atoms with Crippen LogP contribution in [0.4, 0.5) is 0 Å². The summed E-state index contributed by atoms with van der Waals surface area (Å²) in [6.07, 6.45) is 0. The van der Waals surface area contributed by atoms with E-state index in [1.165, 1.54) is 4.90 Å². The van der Waals surface area contributed by atoms with E-state index in [0.717, 1.165) is 20.3 Å². The van der Waals surface area contributed by atoms with Crippen molar-refractivity contribution in [3.63, 3.8) is 0 Å². The van der Waals surface area contributed by atoms with Crippen molar-refractivity contribution in [1.29, 1.82) is 0 Å². The molecule has 0 atom stereocenters. The molecule has 0 amide bonds. The van der Waals surface area contributed by atoms with Crippen molar-refractivity contribution < 1.29 is 33.3 Å². The number of halogens is 2. The molecule has 2 aromatic carbocycles. The molecule has 0 aliphatic rings. The van der Waals surface area contributed by atoms with Gasteiger partial charge >= 0.3 is 127 Å². The topological polar surface area (TPSA) is 104 Å². The molecule has 3 aromatic rings. The molecular weight excluding hydrogens is 442 g/mol. The van der Waals surface area contributed by atoms with E-state index in [-0.39, 0.29) is 14.5 Å². The Bertz CT molecular complexity index is 754. The van der Waals surface area contributed by atoms with Crippen LogP contribution in [-0.4, -0.2) is 14.5 Å². The van der Waals surface area contributed by atoms with Crippen LogP contribution in [0.1, 0.15) is 0 Å². The van der Waals surface area contributed by atoms with Gasteiger partial charge in [0.15, 0.2) is 0 Å². The zero-order valence-electron chi connectivity index (χ0n) is 11.9. The molecule has 0 fully saturated rings. The molecule has 0 saturated carbocycles. The van der Waals surface area contributed by atoms with E-state index in [1.807, 2.05) is 42.5 Å². The van der Waals surface area contributed by atoms with Gasteiger partial charge in [-0.25, -0.2) is 18.6 Å². The number of rotatable bonds is 3. The third kappa shape index (κ3) is 7.36. The van der Waals surface area contributed by atoms with Crippen molar-refractivity contribution in [2.24, 2.45) is 0 Å². The van der Waals surface area contributed by atoms with E-state index < -0.39 is 10.2 Å². The minimum absolute atomic E-state index is 0.273. The normalized spacial score (nSPS) is 10.9.